The maximum Gasteiger partial charge on any atom is 0.286 e. The van der Waals surface area contributed by atoms with E-state index in [9.17, 15) is 9.90 Å². The molecule has 0 atom stereocenters. The smallest absolute Gasteiger partial charge is 0.286 e. The number of piperidine rings is 1. The SMILES string of the molecule is CC1CCN(C2=NC(=O)C(=Cc3ccccc3O)S2)CC1. The Bertz CT molecular complexity index is 616. The summed E-state index contributed by atoms with van der Waals surface area (Å²) in [4.78, 5) is 18.9. The van der Waals surface area contributed by atoms with Crippen LogP contribution in [0.4, 0.5) is 0 Å². The molecule has 1 N–H and O–H groups in total. The van der Waals surface area contributed by atoms with Crippen molar-refractivity contribution in [3.63, 3.8) is 0 Å². The Hall–Kier alpha value is -1.75. The van der Waals surface area contributed by atoms with E-state index >= 15 is 0 Å². The number of amides is 1. The molecule has 5 heteroatoms. The fourth-order valence-corrected chi connectivity index (χ4v) is 3.44. The van der Waals surface area contributed by atoms with E-state index in [0.29, 0.717) is 10.5 Å². The number of carbonyl (C=O) groups excluding carboxylic acids is 1. The quantitative estimate of drug-likeness (QED) is 0.810. The van der Waals surface area contributed by atoms with Gasteiger partial charge in [-0.2, -0.15) is 4.99 Å². The predicted octanol–water partition coefficient (Wildman–Crippen LogP) is 3.09. The second-order valence-corrected chi connectivity index (χ2v) is 6.55. The van der Waals surface area contributed by atoms with Gasteiger partial charge in [-0.25, -0.2) is 0 Å². The van der Waals surface area contributed by atoms with Crippen LogP contribution in [0.5, 0.6) is 5.75 Å². The molecule has 2 heterocycles. The zero-order valence-corrected chi connectivity index (χ0v) is 12.8. The Morgan fingerprint density at radius 3 is 2.76 bits per heavy atom. The van der Waals surface area contributed by atoms with Gasteiger partial charge in [0.25, 0.3) is 5.91 Å². The molecule has 0 unspecified atom stereocenters. The summed E-state index contributed by atoms with van der Waals surface area (Å²) >= 11 is 1.41. The van der Waals surface area contributed by atoms with Crippen LogP contribution in [-0.4, -0.2) is 34.2 Å². The lowest BCUT2D eigenvalue weighted by Crippen LogP contribution is -2.35. The molecule has 0 radical (unpaired) electrons. The average Bonchev–Trinajstić information content (AvgIpc) is 2.83. The van der Waals surface area contributed by atoms with Crippen LogP contribution >= 0.6 is 11.8 Å². The molecule has 2 aliphatic heterocycles. The molecule has 3 rings (SSSR count). The lowest BCUT2D eigenvalue weighted by Gasteiger charge is -2.30. The molecule has 2 aliphatic rings. The highest BCUT2D eigenvalue weighted by molar-refractivity contribution is 8.18. The number of rotatable bonds is 1. The zero-order chi connectivity index (χ0) is 14.8. The maximum atomic E-state index is 12.0. The number of hydrogen-bond acceptors (Lipinski definition) is 4. The number of phenolic OH excluding ortho intramolecular Hbond substituents is 1. The zero-order valence-electron chi connectivity index (χ0n) is 12.0. The molecule has 1 aromatic rings. The normalized spacial score (nSPS) is 22.0. The third kappa shape index (κ3) is 3.13. The first-order chi connectivity index (χ1) is 10.1. The highest BCUT2D eigenvalue weighted by Gasteiger charge is 2.28. The third-order valence-electron chi connectivity index (χ3n) is 3.89. The van der Waals surface area contributed by atoms with Crippen LogP contribution in [0.3, 0.4) is 0 Å². The van der Waals surface area contributed by atoms with Gasteiger partial charge < -0.3 is 10.0 Å². The number of benzene rings is 1. The highest BCUT2D eigenvalue weighted by Crippen LogP contribution is 2.33. The molecule has 0 saturated carbocycles. The molecule has 1 aromatic carbocycles. The number of thioether (sulfide) groups is 1. The lowest BCUT2D eigenvalue weighted by atomic mass is 10.00. The van der Waals surface area contributed by atoms with Gasteiger partial charge in [0.15, 0.2) is 5.17 Å². The van der Waals surface area contributed by atoms with Gasteiger partial charge in [0.05, 0.1) is 4.91 Å². The van der Waals surface area contributed by atoms with Crippen LogP contribution in [0.2, 0.25) is 0 Å². The molecule has 1 fully saturated rings. The van der Waals surface area contributed by atoms with E-state index in [-0.39, 0.29) is 11.7 Å². The number of amidine groups is 1. The standard InChI is InChI=1S/C16H18N2O2S/c1-11-6-8-18(9-7-11)16-17-15(20)14(21-16)10-12-4-2-3-5-13(12)19/h2-5,10-11,19H,6-9H2,1H3. The molecule has 0 bridgehead atoms. The van der Waals surface area contributed by atoms with Gasteiger partial charge in [0.1, 0.15) is 5.75 Å². The summed E-state index contributed by atoms with van der Waals surface area (Å²) in [6.45, 7) is 4.18. The number of nitrogens with zero attached hydrogens (tertiary/aromatic N) is 2. The number of aliphatic imine (C=N–C) groups is 1. The Morgan fingerprint density at radius 2 is 2.05 bits per heavy atom. The van der Waals surface area contributed by atoms with Crippen molar-refractivity contribution in [1.82, 2.24) is 4.90 Å². The van der Waals surface area contributed by atoms with Gasteiger partial charge >= 0.3 is 0 Å². The summed E-state index contributed by atoms with van der Waals surface area (Å²) in [6.07, 6.45) is 4.00. The molecule has 0 aliphatic carbocycles. The van der Waals surface area contributed by atoms with Gasteiger partial charge in [-0.1, -0.05) is 25.1 Å². The van der Waals surface area contributed by atoms with Gasteiger partial charge in [-0.05, 0) is 42.7 Å². The number of likely N-dealkylation sites (tertiary alicyclic amines) is 1. The van der Waals surface area contributed by atoms with Crippen molar-refractivity contribution in [2.45, 2.75) is 19.8 Å². The summed E-state index contributed by atoms with van der Waals surface area (Å²) in [6, 6.07) is 7.00. The first-order valence-electron chi connectivity index (χ1n) is 7.19. The molecule has 4 nitrogen and oxygen atoms in total. The monoisotopic (exact) mass is 302 g/mol. The predicted molar refractivity (Wildman–Crippen MR) is 86.1 cm³/mol. The van der Waals surface area contributed by atoms with E-state index in [2.05, 4.69) is 16.8 Å². The van der Waals surface area contributed by atoms with Crippen LogP contribution in [0, 0.1) is 5.92 Å². The van der Waals surface area contributed by atoms with E-state index in [1.54, 1.807) is 24.3 Å². The third-order valence-corrected chi connectivity index (χ3v) is 4.93. The van der Waals surface area contributed by atoms with Crippen molar-refractivity contribution in [1.29, 1.82) is 0 Å². The molecule has 1 amide bonds. The Labute approximate surface area is 128 Å². The summed E-state index contributed by atoms with van der Waals surface area (Å²) in [7, 11) is 0. The molecule has 0 spiro atoms. The van der Waals surface area contributed by atoms with E-state index in [4.69, 9.17) is 0 Å². The Kier molecular flexibility index (Phi) is 4.01. The highest BCUT2D eigenvalue weighted by atomic mass is 32.2. The molecular formula is C16H18N2O2S. The maximum absolute atomic E-state index is 12.0. The minimum atomic E-state index is -0.211. The van der Waals surface area contributed by atoms with E-state index in [1.807, 2.05) is 6.07 Å². The fourth-order valence-electron chi connectivity index (χ4n) is 2.48. The van der Waals surface area contributed by atoms with Gasteiger partial charge in [0, 0.05) is 18.7 Å². The summed E-state index contributed by atoms with van der Waals surface area (Å²) in [5.74, 6) is 0.718. The minimum Gasteiger partial charge on any atom is -0.507 e. The molecular weight excluding hydrogens is 284 g/mol. The van der Waals surface area contributed by atoms with Crippen molar-refractivity contribution in [3.05, 3.63) is 34.7 Å². The largest absolute Gasteiger partial charge is 0.507 e. The number of carbonyl (C=O) groups is 1. The summed E-state index contributed by atoms with van der Waals surface area (Å²) in [5, 5.41) is 10.6. The van der Waals surface area contributed by atoms with E-state index in [0.717, 1.165) is 37.0 Å². The second kappa shape index (κ2) is 5.93. The lowest BCUT2D eigenvalue weighted by molar-refractivity contribution is -0.113. The van der Waals surface area contributed by atoms with Crippen molar-refractivity contribution in [3.8, 4) is 5.75 Å². The Balaban J connectivity index is 1.74. The molecule has 0 aromatic heterocycles. The van der Waals surface area contributed by atoms with E-state index in [1.165, 1.54) is 11.8 Å². The second-order valence-electron chi connectivity index (χ2n) is 5.54. The van der Waals surface area contributed by atoms with Gasteiger partial charge in [-0.3, -0.25) is 4.79 Å². The molecule has 1 saturated heterocycles. The number of para-hydroxylation sites is 1. The van der Waals surface area contributed by atoms with Crippen molar-refractivity contribution >= 4 is 28.9 Å². The minimum absolute atomic E-state index is 0.179. The van der Waals surface area contributed by atoms with Crippen molar-refractivity contribution in [2.24, 2.45) is 10.9 Å². The average molecular weight is 302 g/mol. The summed E-state index contributed by atoms with van der Waals surface area (Å²) in [5.41, 5.74) is 0.650. The van der Waals surface area contributed by atoms with Crippen LogP contribution < -0.4 is 0 Å². The fraction of sp³-hybridized carbons (Fsp3) is 0.375. The van der Waals surface area contributed by atoms with Crippen LogP contribution in [0.15, 0.2) is 34.2 Å². The van der Waals surface area contributed by atoms with Gasteiger partial charge in [0.2, 0.25) is 0 Å². The number of aromatic hydroxyl groups is 1. The van der Waals surface area contributed by atoms with Crippen LogP contribution in [-0.2, 0) is 4.79 Å². The molecule has 21 heavy (non-hydrogen) atoms. The van der Waals surface area contributed by atoms with Crippen LogP contribution in [0.25, 0.3) is 6.08 Å². The van der Waals surface area contributed by atoms with Gasteiger partial charge in [-0.15, -0.1) is 0 Å². The topological polar surface area (TPSA) is 52.9 Å². The number of hydrogen-bond donors (Lipinski definition) is 1. The van der Waals surface area contributed by atoms with Crippen molar-refractivity contribution < 1.29 is 9.90 Å². The first kappa shape index (κ1) is 14.2. The first-order valence-corrected chi connectivity index (χ1v) is 8.00. The molecule has 110 valence electrons. The number of phenols is 1. The van der Waals surface area contributed by atoms with Crippen LogP contribution in [0.1, 0.15) is 25.3 Å². The summed E-state index contributed by atoms with van der Waals surface area (Å²) < 4.78 is 0. The van der Waals surface area contributed by atoms with Crippen molar-refractivity contribution in [2.75, 3.05) is 13.1 Å². The van der Waals surface area contributed by atoms with E-state index < -0.39 is 0 Å². The Morgan fingerprint density at radius 1 is 1.33 bits per heavy atom.